The molecule has 0 fully saturated rings. The SMILES string of the molecule is Cc1ccccc1OCC(=O)N[C@@H](CC(C)C)C(=O)N/N=C\c1cccc(OCC(=O)O)c1. The van der Waals surface area contributed by atoms with Crippen LogP contribution in [0.4, 0.5) is 0 Å². The Morgan fingerprint density at radius 3 is 2.52 bits per heavy atom. The number of hydrogen-bond acceptors (Lipinski definition) is 6. The monoisotopic (exact) mass is 455 g/mol. The van der Waals surface area contributed by atoms with Crippen molar-refractivity contribution in [3.63, 3.8) is 0 Å². The van der Waals surface area contributed by atoms with Crippen LogP contribution in [0.25, 0.3) is 0 Å². The minimum atomic E-state index is -1.08. The van der Waals surface area contributed by atoms with E-state index in [4.69, 9.17) is 14.6 Å². The molecule has 0 bridgehead atoms. The molecule has 0 aliphatic heterocycles. The molecule has 0 heterocycles. The topological polar surface area (TPSA) is 126 Å². The Labute approximate surface area is 192 Å². The second kappa shape index (κ2) is 12.8. The third-order valence-corrected chi connectivity index (χ3v) is 4.42. The quantitative estimate of drug-likeness (QED) is 0.333. The van der Waals surface area contributed by atoms with Gasteiger partial charge in [-0.2, -0.15) is 5.10 Å². The second-order valence-corrected chi connectivity index (χ2v) is 7.79. The molecule has 3 N–H and O–H groups in total. The summed E-state index contributed by atoms with van der Waals surface area (Å²) in [5.74, 6) is -0.814. The van der Waals surface area contributed by atoms with Crippen LogP contribution < -0.4 is 20.2 Å². The standard InChI is InChI=1S/C24H29N3O6/c1-16(2)11-20(26-22(28)14-33-21-10-5-4-7-17(21)3)24(31)27-25-13-18-8-6-9-19(12-18)32-15-23(29)30/h4-10,12-13,16,20H,11,14-15H2,1-3H3,(H,26,28)(H,27,31)(H,29,30)/b25-13-/t20-/m0/s1. The minimum absolute atomic E-state index is 0.158. The number of carboxylic acid groups (broad SMARTS) is 1. The number of amides is 2. The van der Waals surface area contributed by atoms with E-state index >= 15 is 0 Å². The molecule has 9 nitrogen and oxygen atoms in total. The van der Waals surface area contributed by atoms with Crippen LogP contribution in [0.3, 0.4) is 0 Å². The first-order valence-corrected chi connectivity index (χ1v) is 10.5. The first kappa shape index (κ1) is 25.4. The van der Waals surface area contributed by atoms with Crippen LogP contribution in [0, 0.1) is 12.8 Å². The molecule has 0 saturated carbocycles. The molecule has 0 aromatic heterocycles. The summed E-state index contributed by atoms with van der Waals surface area (Å²) in [5.41, 5.74) is 3.95. The van der Waals surface area contributed by atoms with Crippen LogP contribution in [0.15, 0.2) is 53.6 Å². The maximum atomic E-state index is 12.6. The number of carboxylic acids is 1. The van der Waals surface area contributed by atoms with Gasteiger partial charge in [-0.15, -0.1) is 0 Å². The lowest BCUT2D eigenvalue weighted by atomic mass is 10.0. The average Bonchev–Trinajstić information content (AvgIpc) is 2.76. The van der Waals surface area contributed by atoms with Crippen molar-refractivity contribution >= 4 is 24.0 Å². The third-order valence-electron chi connectivity index (χ3n) is 4.42. The van der Waals surface area contributed by atoms with Gasteiger partial charge in [-0.1, -0.05) is 44.2 Å². The Morgan fingerprint density at radius 1 is 1.06 bits per heavy atom. The summed E-state index contributed by atoms with van der Waals surface area (Å²) >= 11 is 0. The van der Waals surface area contributed by atoms with Gasteiger partial charge >= 0.3 is 5.97 Å². The fraction of sp³-hybridized carbons (Fsp3) is 0.333. The van der Waals surface area contributed by atoms with E-state index in [9.17, 15) is 14.4 Å². The van der Waals surface area contributed by atoms with Crippen molar-refractivity contribution in [3.8, 4) is 11.5 Å². The van der Waals surface area contributed by atoms with Crippen LogP contribution in [0.2, 0.25) is 0 Å². The zero-order valence-electron chi connectivity index (χ0n) is 18.9. The lowest BCUT2D eigenvalue weighted by Gasteiger charge is -2.19. The number of aryl methyl sites for hydroxylation is 1. The molecule has 0 aliphatic rings. The van der Waals surface area contributed by atoms with E-state index < -0.39 is 30.4 Å². The van der Waals surface area contributed by atoms with E-state index in [0.717, 1.165) is 5.56 Å². The number of ether oxygens (including phenoxy) is 2. The van der Waals surface area contributed by atoms with E-state index in [1.165, 1.54) is 6.21 Å². The predicted octanol–water partition coefficient (Wildman–Crippen LogP) is 2.52. The predicted molar refractivity (Wildman–Crippen MR) is 123 cm³/mol. The Bertz CT molecular complexity index is 990. The number of carbonyl (C=O) groups excluding carboxylic acids is 2. The van der Waals surface area contributed by atoms with Crippen molar-refractivity contribution in [1.29, 1.82) is 0 Å². The Morgan fingerprint density at radius 2 is 1.82 bits per heavy atom. The zero-order valence-corrected chi connectivity index (χ0v) is 18.9. The Hall–Kier alpha value is -3.88. The van der Waals surface area contributed by atoms with Gasteiger partial charge in [-0.25, -0.2) is 10.2 Å². The van der Waals surface area contributed by atoms with E-state index in [0.29, 0.717) is 23.5 Å². The fourth-order valence-corrected chi connectivity index (χ4v) is 2.88. The number of benzene rings is 2. The van der Waals surface area contributed by atoms with Crippen molar-refractivity contribution in [2.24, 2.45) is 11.0 Å². The Balaban J connectivity index is 1.92. The summed E-state index contributed by atoms with van der Waals surface area (Å²) in [4.78, 5) is 35.6. The molecule has 0 radical (unpaired) electrons. The van der Waals surface area contributed by atoms with Gasteiger partial charge < -0.3 is 19.9 Å². The zero-order chi connectivity index (χ0) is 24.2. The van der Waals surface area contributed by atoms with Crippen LogP contribution in [0.5, 0.6) is 11.5 Å². The van der Waals surface area contributed by atoms with Gasteiger partial charge in [0.2, 0.25) is 0 Å². The summed E-state index contributed by atoms with van der Waals surface area (Å²) in [7, 11) is 0. The molecular weight excluding hydrogens is 426 g/mol. The van der Waals surface area contributed by atoms with Crippen molar-refractivity contribution in [2.45, 2.75) is 33.2 Å². The van der Waals surface area contributed by atoms with E-state index in [1.54, 1.807) is 30.3 Å². The van der Waals surface area contributed by atoms with Gasteiger partial charge in [0.1, 0.15) is 17.5 Å². The number of nitrogens with zero attached hydrogens (tertiary/aromatic N) is 1. The summed E-state index contributed by atoms with van der Waals surface area (Å²) in [6.07, 6.45) is 1.83. The highest BCUT2D eigenvalue weighted by Gasteiger charge is 2.22. The molecule has 9 heteroatoms. The van der Waals surface area contributed by atoms with Gasteiger partial charge in [0.05, 0.1) is 6.21 Å². The fourth-order valence-electron chi connectivity index (χ4n) is 2.88. The van der Waals surface area contributed by atoms with Gasteiger partial charge in [0.25, 0.3) is 11.8 Å². The van der Waals surface area contributed by atoms with Crippen molar-refractivity contribution in [2.75, 3.05) is 13.2 Å². The first-order valence-electron chi connectivity index (χ1n) is 10.5. The highest BCUT2D eigenvalue weighted by Crippen LogP contribution is 2.16. The van der Waals surface area contributed by atoms with Crippen LogP contribution in [-0.4, -0.2) is 48.4 Å². The van der Waals surface area contributed by atoms with Crippen molar-refractivity contribution in [1.82, 2.24) is 10.7 Å². The molecule has 1 atom stereocenters. The number of carbonyl (C=O) groups is 3. The summed E-state index contributed by atoms with van der Waals surface area (Å²) in [6.45, 7) is 5.11. The number of para-hydroxylation sites is 1. The summed E-state index contributed by atoms with van der Waals surface area (Å²) < 4.78 is 10.7. The van der Waals surface area contributed by atoms with Gasteiger partial charge in [0, 0.05) is 0 Å². The summed E-state index contributed by atoms with van der Waals surface area (Å²) in [6, 6.07) is 13.2. The molecule has 176 valence electrons. The highest BCUT2D eigenvalue weighted by molar-refractivity contribution is 5.89. The molecule has 33 heavy (non-hydrogen) atoms. The summed E-state index contributed by atoms with van der Waals surface area (Å²) in [5, 5.41) is 15.3. The number of hydrogen-bond donors (Lipinski definition) is 3. The molecule has 0 saturated heterocycles. The van der Waals surface area contributed by atoms with Gasteiger partial charge in [-0.05, 0) is 48.6 Å². The molecule has 0 unspecified atom stereocenters. The smallest absolute Gasteiger partial charge is 0.341 e. The van der Waals surface area contributed by atoms with E-state index in [1.807, 2.05) is 39.0 Å². The van der Waals surface area contributed by atoms with Gasteiger partial charge in [-0.3, -0.25) is 9.59 Å². The van der Waals surface area contributed by atoms with Gasteiger partial charge in [0.15, 0.2) is 13.2 Å². The largest absolute Gasteiger partial charge is 0.484 e. The minimum Gasteiger partial charge on any atom is -0.484 e. The molecule has 2 amide bonds. The van der Waals surface area contributed by atoms with Crippen LogP contribution in [0.1, 0.15) is 31.4 Å². The maximum Gasteiger partial charge on any atom is 0.341 e. The third kappa shape index (κ3) is 9.42. The number of hydrazone groups is 1. The first-order chi connectivity index (χ1) is 15.7. The maximum absolute atomic E-state index is 12.6. The number of nitrogens with one attached hydrogen (secondary N) is 2. The second-order valence-electron chi connectivity index (χ2n) is 7.79. The molecule has 2 aromatic rings. The van der Waals surface area contributed by atoms with E-state index in [2.05, 4.69) is 15.8 Å². The van der Waals surface area contributed by atoms with Crippen LogP contribution >= 0.6 is 0 Å². The molecule has 0 aliphatic carbocycles. The van der Waals surface area contributed by atoms with E-state index in [-0.39, 0.29) is 12.5 Å². The lowest BCUT2D eigenvalue weighted by molar-refractivity contribution is -0.139. The normalized spacial score (nSPS) is 11.8. The van der Waals surface area contributed by atoms with Crippen molar-refractivity contribution < 1.29 is 29.0 Å². The average molecular weight is 456 g/mol. The van der Waals surface area contributed by atoms with Crippen molar-refractivity contribution in [3.05, 3.63) is 59.7 Å². The molecular formula is C24H29N3O6. The highest BCUT2D eigenvalue weighted by atomic mass is 16.5. The number of aliphatic carboxylic acids is 1. The van der Waals surface area contributed by atoms with Crippen LogP contribution in [-0.2, 0) is 14.4 Å². The number of rotatable bonds is 12. The Kier molecular flexibility index (Phi) is 9.88. The molecule has 0 spiro atoms. The molecule has 2 rings (SSSR count). The lowest BCUT2D eigenvalue weighted by Crippen LogP contribution is -2.47. The molecule has 2 aromatic carbocycles.